The van der Waals surface area contributed by atoms with Gasteiger partial charge >= 0.3 is 12.3 Å². The number of alkyl halides is 3. The number of nitrogens with zero attached hydrogens (tertiary/aromatic N) is 2. The third-order valence-corrected chi connectivity index (χ3v) is 6.54. The van der Waals surface area contributed by atoms with Gasteiger partial charge in [-0.3, -0.25) is 9.59 Å². The van der Waals surface area contributed by atoms with Crippen LogP contribution in [-0.4, -0.2) is 34.9 Å². The average molecular weight is 576 g/mol. The third-order valence-electron chi connectivity index (χ3n) is 5.43. The van der Waals surface area contributed by atoms with Crippen LogP contribution in [0.5, 0.6) is 5.75 Å². The largest absolute Gasteiger partial charge is 0.573 e. The number of aromatic nitrogens is 1. The van der Waals surface area contributed by atoms with Gasteiger partial charge in [-0.2, -0.15) is 0 Å². The molecule has 0 aliphatic rings. The average Bonchev–Trinajstić information content (AvgIpc) is 3.37. The monoisotopic (exact) mass is 575 g/mol. The SMILES string of the molecule is O=C(O)CCNC(=O)c1ccc(CN(c2ccc(OC(F)(F)F)cc2)c2nc(-c3ccc(Cl)cc3)cs2)cc1. The predicted molar refractivity (Wildman–Crippen MR) is 143 cm³/mol. The molecule has 39 heavy (non-hydrogen) atoms. The van der Waals surface area contributed by atoms with Crippen LogP contribution in [0.3, 0.4) is 0 Å². The number of hydrogen-bond donors (Lipinski definition) is 2. The van der Waals surface area contributed by atoms with Gasteiger partial charge in [-0.15, -0.1) is 24.5 Å². The molecule has 4 rings (SSSR count). The molecule has 0 unspecified atom stereocenters. The molecule has 3 aromatic carbocycles. The van der Waals surface area contributed by atoms with Crippen molar-refractivity contribution >= 4 is 45.6 Å². The standard InChI is InChI=1S/C27H21ClF3N3O4S/c28-20-7-5-18(6-8-20)23-16-39-26(33-23)34(21-9-11-22(12-10-21)38-27(29,30)31)15-17-1-3-19(4-2-17)25(37)32-14-13-24(35)36/h1-12,16H,13-15H2,(H,32,37)(H,35,36). The van der Waals surface area contributed by atoms with Gasteiger partial charge in [0.2, 0.25) is 0 Å². The quantitative estimate of drug-likeness (QED) is 0.214. The number of anilines is 2. The van der Waals surface area contributed by atoms with Gasteiger partial charge in [0, 0.05) is 33.8 Å². The van der Waals surface area contributed by atoms with Crippen LogP contribution in [0.4, 0.5) is 24.0 Å². The highest BCUT2D eigenvalue weighted by atomic mass is 35.5. The number of halogens is 4. The maximum absolute atomic E-state index is 12.6. The first kappa shape index (κ1) is 27.9. The Morgan fingerprint density at radius 1 is 1.00 bits per heavy atom. The maximum atomic E-state index is 12.6. The van der Waals surface area contributed by atoms with Crippen LogP contribution in [0.1, 0.15) is 22.3 Å². The number of carbonyl (C=O) groups excluding carboxylic acids is 1. The number of carbonyl (C=O) groups is 2. The zero-order chi connectivity index (χ0) is 28.0. The Bertz CT molecular complexity index is 1430. The molecule has 2 N–H and O–H groups in total. The molecule has 202 valence electrons. The van der Waals surface area contributed by atoms with Crippen LogP contribution in [0.2, 0.25) is 5.02 Å². The van der Waals surface area contributed by atoms with E-state index in [4.69, 9.17) is 21.7 Å². The second-order valence-corrected chi connectivity index (χ2v) is 9.52. The first-order valence-electron chi connectivity index (χ1n) is 11.5. The Balaban J connectivity index is 1.58. The smallest absolute Gasteiger partial charge is 0.481 e. The van der Waals surface area contributed by atoms with E-state index in [2.05, 4.69) is 10.1 Å². The highest BCUT2D eigenvalue weighted by molar-refractivity contribution is 7.14. The van der Waals surface area contributed by atoms with Gasteiger partial charge < -0.3 is 20.1 Å². The number of carboxylic acids is 1. The molecule has 0 aliphatic heterocycles. The number of aliphatic carboxylic acids is 1. The van der Waals surface area contributed by atoms with Crippen LogP contribution in [-0.2, 0) is 11.3 Å². The summed E-state index contributed by atoms with van der Waals surface area (Å²) in [6, 6.07) is 19.4. The van der Waals surface area contributed by atoms with Crippen molar-refractivity contribution in [3.63, 3.8) is 0 Å². The molecule has 0 atom stereocenters. The molecule has 0 fully saturated rings. The van der Waals surface area contributed by atoms with E-state index in [0.29, 0.717) is 33.6 Å². The highest BCUT2D eigenvalue weighted by Crippen LogP contribution is 2.35. The fraction of sp³-hybridized carbons (Fsp3) is 0.148. The van der Waals surface area contributed by atoms with Gasteiger partial charge in [0.1, 0.15) is 5.75 Å². The van der Waals surface area contributed by atoms with E-state index in [1.54, 1.807) is 36.4 Å². The van der Waals surface area contributed by atoms with Crippen LogP contribution in [0, 0.1) is 0 Å². The van der Waals surface area contributed by atoms with E-state index in [-0.39, 0.29) is 18.7 Å². The Labute approximate surface area is 230 Å². The first-order chi connectivity index (χ1) is 18.6. The molecular formula is C27H21ClF3N3O4S. The molecule has 0 radical (unpaired) electrons. The van der Waals surface area contributed by atoms with Gasteiger partial charge in [0.15, 0.2) is 5.13 Å². The van der Waals surface area contributed by atoms with Gasteiger partial charge in [-0.1, -0.05) is 35.9 Å². The van der Waals surface area contributed by atoms with E-state index in [9.17, 15) is 22.8 Å². The Morgan fingerprint density at radius 3 is 2.28 bits per heavy atom. The molecular weight excluding hydrogens is 555 g/mol. The lowest BCUT2D eigenvalue weighted by atomic mass is 10.1. The number of benzene rings is 3. The summed E-state index contributed by atoms with van der Waals surface area (Å²) < 4.78 is 41.9. The number of carboxylic acid groups (broad SMARTS) is 1. The molecule has 1 aromatic heterocycles. The summed E-state index contributed by atoms with van der Waals surface area (Å²) in [7, 11) is 0. The molecule has 1 amide bonds. The molecule has 0 bridgehead atoms. The number of amides is 1. The lowest BCUT2D eigenvalue weighted by Gasteiger charge is -2.23. The second-order valence-electron chi connectivity index (χ2n) is 8.25. The van der Waals surface area contributed by atoms with Gasteiger partial charge in [0.05, 0.1) is 18.7 Å². The number of thiazole rings is 1. The van der Waals surface area contributed by atoms with Crippen molar-refractivity contribution in [2.75, 3.05) is 11.4 Å². The zero-order valence-electron chi connectivity index (χ0n) is 20.1. The lowest BCUT2D eigenvalue weighted by molar-refractivity contribution is -0.274. The minimum Gasteiger partial charge on any atom is -0.481 e. The number of nitrogens with one attached hydrogen (secondary N) is 1. The van der Waals surface area contributed by atoms with Crippen molar-refractivity contribution in [2.24, 2.45) is 0 Å². The summed E-state index contributed by atoms with van der Waals surface area (Å²) in [4.78, 5) is 29.5. The summed E-state index contributed by atoms with van der Waals surface area (Å²) in [5, 5.41) is 14.3. The Morgan fingerprint density at radius 2 is 1.67 bits per heavy atom. The lowest BCUT2D eigenvalue weighted by Crippen LogP contribution is -2.26. The van der Waals surface area contributed by atoms with Gasteiger partial charge in [-0.05, 0) is 54.1 Å². The minimum absolute atomic E-state index is 0.0117. The van der Waals surface area contributed by atoms with Crippen LogP contribution in [0.15, 0.2) is 78.2 Å². The fourth-order valence-electron chi connectivity index (χ4n) is 3.57. The molecule has 0 saturated carbocycles. The van der Waals surface area contributed by atoms with Crippen LogP contribution in [0.25, 0.3) is 11.3 Å². The minimum atomic E-state index is -4.80. The molecule has 0 spiro atoms. The maximum Gasteiger partial charge on any atom is 0.573 e. The van der Waals surface area contributed by atoms with Crippen molar-refractivity contribution in [1.82, 2.24) is 10.3 Å². The van der Waals surface area contributed by atoms with Gasteiger partial charge in [0.25, 0.3) is 5.91 Å². The normalized spacial score (nSPS) is 11.2. The molecule has 12 heteroatoms. The molecule has 4 aromatic rings. The summed E-state index contributed by atoms with van der Waals surface area (Å²) in [5.41, 5.74) is 3.31. The van der Waals surface area contributed by atoms with Gasteiger partial charge in [-0.25, -0.2) is 4.98 Å². The number of hydrogen-bond acceptors (Lipinski definition) is 6. The van der Waals surface area contributed by atoms with Crippen LogP contribution < -0.4 is 15.0 Å². The molecule has 1 heterocycles. The van der Waals surface area contributed by atoms with E-state index >= 15 is 0 Å². The van der Waals surface area contributed by atoms with Crippen molar-refractivity contribution < 1.29 is 32.6 Å². The van der Waals surface area contributed by atoms with E-state index in [1.165, 1.54) is 35.6 Å². The fourth-order valence-corrected chi connectivity index (χ4v) is 4.55. The summed E-state index contributed by atoms with van der Waals surface area (Å²) in [6.45, 7) is 0.311. The summed E-state index contributed by atoms with van der Waals surface area (Å²) >= 11 is 7.35. The van der Waals surface area contributed by atoms with Crippen LogP contribution >= 0.6 is 22.9 Å². The summed E-state index contributed by atoms with van der Waals surface area (Å²) in [5.74, 6) is -1.75. The van der Waals surface area contributed by atoms with Crippen molar-refractivity contribution in [1.29, 1.82) is 0 Å². The van der Waals surface area contributed by atoms with Crippen molar-refractivity contribution in [3.05, 3.63) is 94.3 Å². The molecule has 7 nitrogen and oxygen atoms in total. The van der Waals surface area contributed by atoms with E-state index in [0.717, 1.165) is 11.1 Å². The number of ether oxygens (including phenoxy) is 1. The molecule has 0 aliphatic carbocycles. The van der Waals surface area contributed by atoms with Crippen molar-refractivity contribution in [2.45, 2.75) is 19.3 Å². The second kappa shape index (κ2) is 12.2. The van der Waals surface area contributed by atoms with E-state index < -0.39 is 18.2 Å². The zero-order valence-corrected chi connectivity index (χ0v) is 21.7. The first-order valence-corrected chi connectivity index (χ1v) is 12.8. The molecule has 0 saturated heterocycles. The number of rotatable bonds is 10. The highest BCUT2D eigenvalue weighted by Gasteiger charge is 2.31. The Kier molecular flexibility index (Phi) is 8.72. The topological polar surface area (TPSA) is 91.8 Å². The van der Waals surface area contributed by atoms with E-state index in [1.807, 2.05) is 22.4 Å². The third kappa shape index (κ3) is 7.95. The predicted octanol–water partition coefficient (Wildman–Crippen LogP) is 6.90. The Hall–Kier alpha value is -4.09. The van der Waals surface area contributed by atoms with Crippen molar-refractivity contribution in [3.8, 4) is 17.0 Å². The summed E-state index contributed by atoms with van der Waals surface area (Å²) in [6.07, 6.45) is -4.98.